The molecule has 0 spiro atoms. The summed E-state index contributed by atoms with van der Waals surface area (Å²) in [6.45, 7) is 9.77. The highest BCUT2D eigenvalue weighted by Gasteiger charge is 2.38. The third-order valence-electron chi connectivity index (χ3n) is 7.21. The first-order chi connectivity index (χ1) is 14.7. The van der Waals surface area contributed by atoms with Gasteiger partial charge in [-0.05, 0) is 87.4 Å². The van der Waals surface area contributed by atoms with Crippen molar-refractivity contribution < 1.29 is 14.2 Å². The quantitative estimate of drug-likeness (QED) is 0.478. The molecule has 2 aromatic carbocycles. The van der Waals surface area contributed by atoms with Gasteiger partial charge in [-0.25, -0.2) is 0 Å². The Kier molecular flexibility index (Phi) is 7.56. The molecule has 3 atom stereocenters. The summed E-state index contributed by atoms with van der Waals surface area (Å²) in [5.41, 5.74) is 4.57. The van der Waals surface area contributed by atoms with Crippen LogP contribution in [0.4, 0.5) is 0 Å². The Labute approximate surface area is 192 Å². The molecule has 1 fully saturated rings. The van der Waals surface area contributed by atoms with E-state index in [1.807, 2.05) is 18.2 Å². The molecule has 4 nitrogen and oxygen atoms in total. The van der Waals surface area contributed by atoms with E-state index >= 15 is 0 Å². The van der Waals surface area contributed by atoms with Gasteiger partial charge in [-0.3, -0.25) is 4.90 Å². The molecule has 0 radical (unpaired) electrons. The third kappa shape index (κ3) is 4.87. The minimum absolute atomic E-state index is 0.421. The summed E-state index contributed by atoms with van der Waals surface area (Å²) in [6, 6.07) is 11.2. The van der Waals surface area contributed by atoms with Crippen molar-refractivity contribution in [3.63, 3.8) is 0 Å². The Morgan fingerprint density at radius 2 is 1.71 bits per heavy atom. The number of hydrogen-bond donors (Lipinski definition) is 0. The summed E-state index contributed by atoms with van der Waals surface area (Å²) in [5, 5.41) is 0.617. The molecule has 1 saturated heterocycles. The second-order valence-electron chi connectivity index (χ2n) is 8.92. The standard InChI is InChI=1S/C26H36ClNO3/c1-17-8-11-22(28(17)16-20-9-13-24(29-5)19(3)18(20)2)15-26(4,31-7)21-10-12-23(27)25(14-21)30-6/h9-10,12-14,17,22H,8,11,15-16H2,1-7H3. The fraction of sp³-hybridized carbons (Fsp3) is 0.538. The topological polar surface area (TPSA) is 30.9 Å². The SMILES string of the molecule is COc1cc(C(C)(CC2CCC(C)N2Cc2ccc(OC)c(C)c2C)OC)ccc1Cl. The van der Waals surface area contributed by atoms with Crippen LogP contribution in [0.1, 0.15) is 55.4 Å². The Hall–Kier alpha value is -1.75. The van der Waals surface area contributed by atoms with E-state index in [9.17, 15) is 0 Å². The van der Waals surface area contributed by atoms with Crippen molar-refractivity contribution in [2.75, 3.05) is 21.3 Å². The molecular weight excluding hydrogens is 410 g/mol. The molecule has 0 aromatic heterocycles. The van der Waals surface area contributed by atoms with Crippen LogP contribution in [0.25, 0.3) is 0 Å². The van der Waals surface area contributed by atoms with Gasteiger partial charge >= 0.3 is 0 Å². The van der Waals surface area contributed by atoms with Gasteiger partial charge in [-0.2, -0.15) is 0 Å². The summed E-state index contributed by atoms with van der Waals surface area (Å²) in [7, 11) is 5.17. The Morgan fingerprint density at radius 1 is 1.00 bits per heavy atom. The molecule has 1 aliphatic heterocycles. The number of rotatable bonds is 8. The smallest absolute Gasteiger partial charge is 0.137 e. The van der Waals surface area contributed by atoms with Gasteiger partial charge in [-0.15, -0.1) is 0 Å². The highest BCUT2D eigenvalue weighted by molar-refractivity contribution is 6.32. The molecule has 0 bridgehead atoms. The summed E-state index contributed by atoms with van der Waals surface area (Å²) in [4.78, 5) is 2.64. The fourth-order valence-electron chi connectivity index (χ4n) is 4.83. The van der Waals surface area contributed by atoms with Crippen LogP contribution in [0.3, 0.4) is 0 Å². The van der Waals surface area contributed by atoms with E-state index in [0.29, 0.717) is 22.9 Å². The maximum Gasteiger partial charge on any atom is 0.137 e. The molecule has 0 amide bonds. The van der Waals surface area contributed by atoms with Crippen LogP contribution in [0.2, 0.25) is 5.02 Å². The van der Waals surface area contributed by atoms with E-state index < -0.39 is 5.60 Å². The number of benzene rings is 2. The summed E-state index contributed by atoms with van der Waals surface area (Å²) < 4.78 is 17.0. The maximum atomic E-state index is 6.26. The lowest BCUT2D eigenvalue weighted by atomic mass is 9.87. The first-order valence-corrected chi connectivity index (χ1v) is 11.4. The van der Waals surface area contributed by atoms with Gasteiger partial charge in [0.2, 0.25) is 0 Å². The van der Waals surface area contributed by atoms with E-state index in [2.05, 4.69) is 44.7 Å². The van der Waals surface area contributed by atoms with E-state index in [1.165, 1.54) is 29.5 Å². The first kappa shape index (κ1) is 23.9. The van der Waals surface area contributed by atoms with Crippen LogP contribution in [0.5, 0.6) is 11.5 Å². The monoisotopic (exact) mass is 445 g/mol. The van der Waals surface area contributed by atoms with Crippen LogP contribution in [-0.2, 0) is 16.9 Å². The van der Waals surface area contributed by atoms with Crippen molar-refractivity contribution >= 4 is 11.6 Å². The van der Waals surface area contributed by atoms with Gasteiger partial charge in [0.05, 0.1) is 24.8 Å². The van der Waals surface area contributed by atoms with Gasteiger partial charge < -0.3 is 14.2 Å². The van der Waals surface area contributed by atoms with Gasteiger partial charge in [0.15, 0.2) is 0 Å². The molecule has 31 heavy (non-hydrogen) atoms. The van der Waals surface area contributed by atoms with Crippen LogP contribution in [0.15, 0.2) is 30.3 Å². The average Bonchev–Trinajstić information content (AvgIpc) is 3.10. The van der Waals surface area contributed by atoms with Crippen LogP contribution in [-0.4, -0.2) is 38.3 Å². The van der Waals surface area contributed by atoms with Crippen molar-refractivity contribution in [3.8, 4) is 11.5 Å². The Bertz CT molecular complexity index is 916. The van der Waals surface area contributed by atoms with E-state index in [4.69, 9.17) is 25.8 Å². The Balaban J connectivity index is 1.85. The molecule has 0 aliphatic carbocycles. The molecule has 0 N–H and O–H groups in total. The number of methoxy groups -OCH3 is 3. The maximum absolute atomic E-state index is 6.26. The molecule has 5 heteroatoms. The predicted octanol–water partition coefficient (Wildman–Crippen LogP) is 6.28. The molecule has 3 unspecified atom stereocenters. The van der Waals surface area contributed by atoms with Gasteiger partial charge in [-0.1, -0.05) is 23.7 Å². The van der Waals surface area contributed by atoms with Crippen molar-refractivity contribution in [2.45, 2.75) is 71.2 Å². The van der Waals surface area contributed by atoms with Crippen molar-refractivity contribution in [1.29, 1.82) is 0 Å². The minimum atomic E-state index is -0.421. The van der Waals surface area contributed by atoms with Gasteiger partial charge in [0, 0.05) is 25.7 Å². The number of halogens is 1. The fourth-order valence-corrected chi connectivity index (χ4v) is 5.02. The first-order valence-electron chi connectivity index (χ1n) is 11.0. The van der Waals surface area contributed by atoms with Gasteiger partial charge in [0.1, 0.15) is 11.5 Å². The molecule has 3 rings (SSSR count). The van der Waals surface area contributed by atoms with Crippen LogP contribution in [0, 0.1) is 13.8 Å². The molecular formula is C26H36ClNO3. The normalized spacial score (nSPS) is 21.2. The lowest BCUT2D eigenvalue weighted by Gasteiger charge is -2.37. The summed E-state index contributed by atoms with van der Waals surface area (Å²) in [6.07, 6.45) is 3.27. The highest BCUT2D eigenvalue weighted by atomic mass is 35.5. The van der Waals surface area contributed by atoms with E-state index in [1.54, 1.807) is 21.3 Å². The van der Waals surface area contributed by atoms with E-state index in [0.717, 1.165) is 24.3 Å². The zero-order valence-corrected chi connectivity index (χ0v) is 20.7. The number of hydrogen-bond acceptors (Lipinski definition) is 4. The largest absolute Gasteiger partial charge is 0.496 e. The molecule has 1 heterocycles. The lowest BCUT2D eigenvalue weighted by molar-refractivity contribution is -0.0264. The third-order valence-corrected chi connectivity index (χ3v) is 7.53. The summed E-state index contributed by atoms with van der Waals surface area (Å²) in [5.74, 6) is 1.64. The van der Waals surface area contributed by atoms with E-state index in [-0.39, 0.29) is 0 Å². The highest BCUT2D eigenvalue weighted by Crippen LogP contribution is 2.40. The minimum Gasteiger partial charge on any atom is -0.496 e. The number of ether oxygens (including phenoxy) is 3. The molecule has 2 aromatic rings. The average molecular weight is 446 g/mol. The van der Waals surface area contributed by atoms with Crippen molar-refractivity contribution in [2.24, 2.45) is 0 Å². The predicted molar refractivity (Wildman–Crippen MR) is 127 cm³/mol. The Morgan fingerprint density at radius 3 is 2.35 bits per heavy atom. The second kappa shape index (κ2) is 9.81. The molecule has 0 saturated carbocycles. The van der Waals surface area contributed by atoms with Crippen LogP contribution < -0.4 is 9.47 Å². The molecule has 1 aliphatic rings. The second-order valence-corrected chi connectivity index (χ2v) is 9.33. The van der Waals surface area contributed by atoms with Crippen LogP contribution >= 0.6 is 11.6 Å². The zero-order chi connectivity index (χ0) is 22.8. The lowest BCUT2D eigenvalue weighted by Crippen LogP contribution is -2.39. The van der Waals surface area contributed by atoms with Crippen molar-refractivity contribution in [3.05, 3.63) is 57.6 Å². The number of likely N-dealkylation sites (tertiary alicyclic amines) is 1. The summed E-state index contributed by atoms with van der Waals surface area (Å²) >= 11 is 6.26. The van der Waals surface area contributed by atoms with Crippen molar-refractivity contribution in [1.82, 2.24) is 4.90 Å². The number of nitrogens with zero attached hydrogens (tertiary/aromatic N) is 1. The van der Waals surface area contributed by atoms with Gasteiger partial charge in [0.25, 0.3) is 0 Å². The molecule has 170 valence electrons. The zero-order valence-electron chi connectivity index (χ0n) is 19.9.